The second-order valence-electron chi connectivity index (χ2n) is 4.84. The summed E-state index contributed by atoms with van der Waals surface area (Å²) >= 11 is 1.75. The number of benzene rings is 1. The first-order valence-corrected chi connectivity index (χ1v) is 7.70. The molecule has 2 atom stereocenters. The fourth-order valence-corrected chi connectivity index (χ4v) is 3.29. The molecule has 5 heteroatoms. The molecule has 2 aromatic heterocycles. The van der Waals surface area contributed by atoms with Crippen molar-refractivity contribution >= 4 is 21.6 Å². The Morgan fingerprint density at radius 1 is 1.35 bits per heavy atom. The minimum absolute atomic E-state index is 0.211. The van der Waals surface area contributed by atoms with Crippen LogP contribution in [0.15, 0.2) is 36.7 Å². The van der Waals surface area contributed by atoms with Crippen LogP contribution < -0.4 is 5.32 Å². The van der Waals surface area contributed by atoms with Gasteiger partial charge in [-0.2, -0.15) is 0 Å². The van der Waals surface area contributed by atoms with Crippen molar-refractivity contribution in [2.75, 3.05) is 0 Å². The smallest absolute Gasteiger partial charge is 0.123 e. The molecular weight excluding hydrogens is 268 g/mol. The monoisotopic (exact) mass is 286 g/mol. The number of fused-ring (bicyclic) bond motifs is 1. The summed E-state index contributed by atoms with van der Waals surface area (Å²) in [6.45, 7) is 4.31. The van der Waals surface area contributed by atoms with Crippen LogP contribution in [0.4, 0.5) is 0 Å². The Balaban J connectivity index is 1.79. The highest BCUT2D eigenvalue weighted by Crippen LogP contribution is 2.27. The van der Waals surface area contributed by atoms with Crippen molar-refractivity contribution in [2.45, 2.75) is 32.4 Å². The molecule has 0 fully saturated rings. The minimum atomic E-state index is 0.211. The van der Waals surface area contributed by atoms with Crippen LogP contribution in [-0.4, -0.2) is 15.0 Å². The van der Waals surface area contributed by atoms with Gasteiger partial charge in [0, 0.05) is 12.4 Å². The van der Waals surface area contributed by atoms with Gasteiger partial charge in [0.2, 0.25) is 0 Å². The summed E-state index contributed by atoms with van der Waals surface area (Å²) in [5.74, 6) is 0.987. The number of aromatic amines is 1. The molecule has 0 radical (unpaired) electrons. The quantitative estimate of drug-likeness (QED) is 0.749. The summed E-state index contributed by atoms with van der Waals surface area (Å²) in [6, 6.07) is 8.70. The Labute approximate surface area is 122 Å². The maximum Gasteiger partial charge on any atom is 0.123 e. The molecule has 0 saturated carbocycles. The summed E-state index contributed by atoms with van der Waals surface area (Å²) in [7, 11) is 0. The van der Waals surface area contributed by atoms with E-state index in [1.807, 2.05) is 12.3 Å². The van der Waals surface area contributed by atoms with Gasteiger partial charge in [-0.1, -0.05) is 19.1 Å². The summed E-state index contributed by atoms with van der Waals surface area (Å²) < 4.78 is 1.24. The van der Waals surface area contributed by atoms with Gasteiger partial charge >= 0.3 is 0 Å². The number of nitrogens with zero attached hydrogens (tertiary/aromatic N) is 2. The first-order valence-electron chi connectivity index (χ1n) is 6.88. The van der Waals surface area contributed by atoms with Crippen molar-refractivity contribution < 1.29 is 0 Å². The molecule has 0 aliphatic rings. The lowest BCUT2D eigenvalue weighted by Crippen LogP contribution is -2.25. The number of aromatic nitrogens is 3. The Morgan fingerprint density at radius 2 is 2.20 bits per heavy atom. The van der Waals surface area contributed by atoms with Gasteiger partial charge < -0.3 is 4.98 Å². The van der Waals surface area contributed by atoms with Gasteiger partial charge in [-0.15, -0.1) is 11.3 Å². The maximum absolute atomic E-state index is 4.71. The third-order valence-electron chi connectivity index (χ3n) is 3.39. The second-order valence-corrected chi connectivity index (χ2v) is 5.91. The van der Waals surface area contributed by atoms with E-state index in [1.54, 1.807) is 17.5 Å². The molecule has 0 bridgehead atoms. The van der Waals surface area contributed by atoms with Crippen LogP contribution >= 0.6 is 11.3 Å². The normalized spacial score (nSPS) is 14.5. The van der Waals surface area contributed by atoms with E-state index in [0.29, 0.717) is 0 Å². The molecule has 4 nitrogen and oxygen atoms in total. The Hall–Kier alpha value is -1.72. The zero-order valence-electron chi connectivity index (χ0n) is 11.6. The van der Waals surface area contributed by atoms with E-state index in [2.05, 4.69) is 47.3 Å². The predicted molar refractivity (Wildman–Crippen MR) is 82.8 cm³/mol. The van der Waals surface area contributed by atoms with Gasteiger partial charge in [-0.3, -0.25) is 5.32 Å². The molecule has 104 valence electrons. The summed E-state index contributed by atoms with van der Waals surface area (Å²) in [5, 5.41) is 4.72. The number of para-hydroxylation sites is 1. The Kier molecular flexibility index (Phi) is 3.80. The van der Waals surface area contributed by atoms with E-state index in [1.165, 1.54) is 4.70 Å². The molecule has 3 aromatic rings. The number of rotatable bonds is 5. The molecule has 0 aliphatic carbocycles. The van der Waals surface area contributed by atoms with Gasteiger partial charge in [-0.25, -0.2) is 9.97 Å². The molecular formula is C15H18N4S. The van der Waals surface area contributed by atoms with Crippen LogP contribution in [0.3, 0.4) is 0 Å². The van der Waals surface area contributed by atoms with Crippen LogP contribution in [0.5, 0.6) is 0 Å². The predicted octanol–water partition coefficient (Wildman–Crippen LogP) is 3.82. The lowest BCUT2D eigenvalue weighted by Gasteiger charge is -2.19. The van der Waals surface area contributed by atoms with Gasteiger partial charge in [0.25, 0.3) is 0 Å². The topological polar surface area (TPSA) is 53.6 Å². The van der Waals surface area contributed by atoms with Crippen LogP contribution in [0.25, 0.3) is 10.2 Å². The van der Waals surface area contributed by atoms with Crippen molar-refractivity contribution in [3.8, 4) is 0 Å². The van der Waals surface area contributed by atoms with Crippen molar-refractivity contribution in [3.63, 3.8) is 0 Å². The molecule has 0 spiro atoms. The van der Waals surface area contributed by atoms with Gasteiger partial charge in [-0.05, 0) is 25.5 Å². The van der Waals surface area contributed by atoms with Gasteiger partial charge in [0.15, 0.2) is 0 Å². The molecule has 2 N–H and O–H groups in total. The van der Waals surface area contributed by atoms with E-state index in [-0.39, 0.29) is 12.1 Å². The zero-order chi connectivity index (χ0) is 13.9. The first kappa shape index (κ1) is 13.3. The standard InChI is InChI=1S/C15H18N4S/c1-3-11(14-16-8-9-17-14)18-10(2)15-19-12-6-4-5-7-13(12)20-15/h4-11,18H,3H2,1-2H3,(H,16,17). The third-order valence-corrected chi connectivity index (χ3v) is 4.61. The lowest BCUT2D eigenvalue weighted by molar-refractivity contribution is 0.440. The average Bonchev–Trinajstić information content (AvgIpc) is 3.13. The fourth-order valence-electron chi connectivity index (χ4n) is 2.31. The number of hydrogen-bond acceptors (Lipinski definition) is 4. The van der Waals surface area contributed by atoms with E-state index in [9.17, 15) is 0 Å². The maximum atomic E-state index is 4.71. The van der Waals surface area contributed by atoms with Gasteiger partial charge in [0.1, 0.15) is 10.8 Å². The van der Waals surface area contributed by atoms with Crippen molar-refractivity contribution in [1.29, 1.82) is 0 Å². The van der Waals surface area contributed by atoms with E-state index in [4.69, 9.17) is 4.98 Å². The summed E-state index contributed by atoms with van der Waals surface area (Å²) in [4.78, 5) is 12.2. The number of thiazole rings is 1. The highest BCUT2D eigenvalue weighted by molar-refractivity contribution is 7.18. The number of H-pyrrole nitrogens is 1. The SMILES string of the molecule is CCC(NC(C)c1nc2ccccc2s1)c1ncc[nH]1. The van der Waals surface area contributed by atoms with Crippen molar-refractivity contribution in [1.82, 2.24) is 20.3 Å². The molecule has 3 rings (SSSR count). The molecule has 1 aromatic carbocycles. The van der Waals surface area contributed by atoms with Gasteiger partial charge in [0.05, 0.1) is 22.3 Å². The minimum Gasteiger partial charge on any atom is -0.347 e. The zero-order valence-corrected chi connectivity index (χ0v) is 12.4. The fraction of sp³-hybridized carbons (Fsp3) is 0.333. The number of nitrogens with one attached hydrogen (secondary N) is 2. The number of hydrogen-bond donors (Lipinski definition) is 2. The lowest BCUT2D eigenvalue weighted by atomic mass is 10.2. The molecule has 2 unspecified atom stereocenters. The molecule has 2 heterocycles. The van der Waals surface area contributed by atoms with Crippen LogP contribution in [0.1, 0.15) is 43.2 Å². The third kappa shape index (κ3) is 2.59. The van der Waals surface area contributed by atoms with E-state index >= 15 is 0 Å². The van der Waals surface area contributed by atoms with Crippen LogP contribution in [-0.2, 0) is 0 Å². The molecule has 0 amide bonds. The van der Waals surface area contributed by atoms with E-state index < -0.39 is 0 Å². The molecule has 20 heavy (non-hydrogen) atoms. The summed E-state index contributed by atoms with van der Waals surface area (Å²) in [6.07, 6.45) is 4.65. The highest BCUT2D eigenvalue weighted by atomic mass is 32.1. The van der Waals surface area contributed by atoms with Crippen LogP contribution in [0, 0.1) is 0 Å². The largest absolute Gasteiger partial charge is 0.347 e. The Bertz CT molecular complexity index is 641. The Morgan fingerprint density at radius 3 is 2.90 bits per heavy atom. The van der Waals surface area contributed by atoms with Crippen LogP contribution in [0.2, 0.25) is 0 Å². The van der Waals surface area contributed by atoms with E-state index in [0.717, 1.165) is 22.8 Å². The molecule has 0 saturated heterocycles. The highest BCUT2D eigenvalue weighted by Gasteiger charge is 2.18. The molecule has 0 aliphatic heterocycles. The first-order chi connectivity index (χ1) is 9.78. The second kappa shape index (κ2) is 5.73. The average molecular weight is 286 g/mol. The van der Waals surface area contributed by atoms with Crippen molar-refractivity contribution in [2.24, 2.45) is 0 Å². The summed E-state index contributed by atoms with van der Waals surface area (Å²) in [5.41, 5.74) is 1.08. The van der Waals surface area contributed by atoms with Crippen molar-refractivity contribution in [3.05, 3.63) is 47.5 Å². The number of imidazole rings is 1.